The highest BCUT2D eigenvalue weighted by Gasteiger charge is 2.18. The quantitative estimate of drug-likeness (QED) is 0.789. The van der Waals surface area contributed by atoms with Crippen LogP contribution < -0.4 is 10.0 Å². The molecule has 0 bridgehead atoms. The number of benzene rings is 2. The molecule has 128 valence electrons. The number of amides is 1. The molecule has 2 rings (SSSR count). The normalized spacial score (nSPS) is 11.1. The van der Waals surface area contributed by atoms with Gasteiger partial charge in [-0.25, -0.2) is 8.42 Å². The summed E-state index contributed by atoms with van der Waals surface area (Å²) in [6.45, 7) is 2.54. The summed E-state index contributed by atoms with van der Waals surface area (Å²) in [7, 11) is -3.88. The van der Waals surface area contributed by atoms with E-state index in [0.29, 0.717) is 17.8 Å². The lowest BCUT2D eigenvalue weighted by Gasteiger charge is -2.10. The highest BCUT2D eigenvalue weighted by molar-refractivity contribution is 7.92. The molecule has 8 heteroatoms. The lowest BCUT2D eigenvalue weighted by molar-refractivity contribution is 0.0953. The first kappa shape index (κ1) is 18.6. The van der Waals surface area contributed by atoms with Gasteiger partial charge in [0.05, 0.1) is 5.02 Å². The van der Waals surface area contributed by atoms with Gasteiger partial charge in [0.15, 0.2) is 0 Å². The van der Waals surface area contributed by atoms with Crippen LogP contribution in [0.25, 0.3) is 0 Å². The van der Waals surface area contributed by atoms with Crippen LogP contribution in [-0.4, -0.2) is 20.9 Å². The molecule has 0 spiro atoms. The van der Waals surface area contributed by atoms with E-state index in [2.05, 4.69) is 10.0 Å². The SMILES string of the molecule is CCCNC(=O)c1ccc(NS(=O)(=O)c2cc(Cl)ccc2Cl)cc1. The summed E-state index contributed by atoms with van der Waals surface area (Å²) >= 11 is 11.8. The predicted molar refractivity (Wildman–Crippen MR) is 96.3 cm³/mol. The Bertz CT molecular complexity index is 837. The average molecular weight is 387 g/mol. The molecule has 2 aromatic rings. The van der Waals surface area contributed by atoms with E-state index >= 15 is 0 Å². The molecule has 0 unspecified atom stereocenters. The van der Waals surface area contributed by atoms with E-state index < -0.39 is 10.0 Å². The largest absolute Gasteiger partial charge is 0.352 e. The van der Waals surface area contributed by atoms with Crippen LogP contribution in [0.1, 0.15) is 23.7 Å². The zero-order chi connectivity index (χ0) is 17.7. The van der Waals surface area contributed by atoms with Gasteiger partial charge in [-0.3, -0.25) is 9.52 Å². The minimum atomic E-state index is -3.88. The van der Waals surface area contributed by atoms with E-state index in [1.165, 1.54) is 30.3 Å². The van der Waals surface area contributed by atoms with Gasteiger partial charge in [-0.1, -0.05) is 30.1 Å². The highest BCUT2D eigenvalue weighted by atomic mass is 35.5. The van der Waals surface area contributed by atoms with Crippen LogP contribution in [0.4, 0.5) is 5.69 Å². The summed E-state index contributed by atoms with van der Waals surface area (Å²) in [5.41, 5.74) is 0.769. The number of hydrogen-bond donors (Lipinski definition) is 2. The number of hydrogen-bond acceptors (Lipinski definition) is 3. The van der Waals surface area contributed by atoms with Gasteiger partial charge in [0, 0.05) is 22.8 Å². The molecule has 5 nitrogen and oxygen atoms in total. The fourth-order valence-electron chi connectivity index (χ4n) is 1.92. The Hall–Kier alpha value is -1.76. The Morgan fingerprint density at radius 2 is 1.75 bits per heavy atom. The number of sulfonamides is 1. The zero-order valence-electron chi connectivity index (χ0n) is 12.8. The summed E-state index contributed by atoms with van der Waals surface area (Å²) < 4.78 is 27.2. The maximum atomic E-state index is 12.4. The lowest BCUT2D eigenvalue weighted by atomic mass is 10.2. The van der Waals surface area contributed by atoms with E-state index in [1.54, 1.807) is 12.1 Å². The molecule has 0 fully saturated rings. The van der Waals surface area contributed by atoms with Crippen LogP contribution in [0.5, 0.6) is 0 Å². The third kappa shape index (κ3) is 4.63. The Morgan fingerprint density at radius 3 is 2.38 bits per heavy atom. The second-order valence-electron chi connectivity index (χ2n) is 5.01. The van der Waals surface area contributed by atoms with Crippen LogP contribution in [0.3, 0.4) is 0 Å². The molecule has 0 aromatic heterocycles. The van der Waals surface area contributed by atoms with E-state index in [1.807, 2.05) is 6.92 Å². The van der Waals surface area contributed by atoms with Crippen LogP contribution >= 0.6 is 23.2 Å². The van der Waals surface area contributed by atoms with Crippen molar-refractivity contribution in [3.8, 4) is 0 Å². The second kappa shape index (κ2) is 7.88. The van der Waals surface area contributed by atoms with Gasteiger partial charge in [0.2, 0.25) is 0 Å². The minimum Gasteiger partial charge on any atom is -0.352 e. The number of anilines is 1. The van der Waals surface area contributed by atoms with Gasteiger partial charge < -0.3 is 5.32 Å². The Labute approximate surface area is 151 Å². The number of halogens is 2. The number of carbonyl (C=O) groups excluding carboxylic acids is 1. The molecule has 2 N–H and O–H groups in total. The lowest BCUT2D eigenvalue weighted by Crippen LogP contribution is -2.23. The van der Waals surface area contributed by atoms with Gasteiger partial charge >= 0.3 is 0 Å². The molecule has 2 aromatic carbocycles. The summed E-state index contributed by atoms with van der Waals surface area (Å²) in [4.78, 5) is 11.7. The number of nitrogens with one attached hydrogen (secondary N) is 2. The van der Waals surface area contributed by atoms with Crippen LogP contribution in [0, 0.1) is 0 Å². The van der Waals surface area contributed by atoms with Crippen molar-refractivity contribution in [2.45, 2.75) is 18.2 Å². The molecular weight excluding hydrogens is 371 g/mol. The summed E-state index contributed by atoms with van der Waals surface area (Å²) in [6, 6.07) is 10.3. The van der Waals surface area contributed by atoms with Crippen molar-refractivity contribution < 1.29 is 13.2 Å². The molecule has 0 aliphatic carbocycles. The van der Waals surface area contributed by atoms with E-state index in [9.17, 15) is 13.2 Å². The van der Waals surface area contributed by atoms with Crippen molar-refractivity contribution in [3.05, 3.63) is 58.1 Å². The molecule has 0 heterocycles. The van der Waals surface area contributed by atoms with E-state index in [4.69, 9.17) is 23.2 Å². The summed E-state index contributed by atoms with van der Waals surface area (Å²) in [6.07, 6.45) is 0.837. The van der Waals surface area contributed by atoms with Gasteiger partial charge in [0.1, 0.15) is 4.90 Å². The van der Waals surface area contributed by atoms with Crippen molar-refractivity contribution in [2.75, 3.05) is 11.3 Å². The van der Waals surface area contributed by atoms with Gasteiger partial charge in [-0.05, 0) is 48.9 Å². The molecule has 0 atom stereocenters. The number of carbonyl (C=O) groups is 1. The highest BCUT2D eigenvalue weighted by Crippen LogP contribution is 2.26. The molecule has 24 heavy (non-hydrogen) atoms. The average Bonchev–Trinajstić information content (AvgIpc) is 2.55. The maximum Gasteiger partial charge on any atom is 0.263 e. The minimum absolute atomic E-state index is 0.0717. The topological polar surface area (TPSA) is 75.3 Å². The monoisotopic (exact) mass is 386 g/mol. The van der Waals surface area contributed by atoms with Crippen LogP contribution in [0.2, 0.25) is 10.0 Å². The molecule has 1 amide bonds. The van der Waals surface area contributed by atoms with Crippen LogP contribution in [-0.2, 0) is 10.0 Å². The van der Waals surface area contributed by atoms with E-state index in [0.717, 1.165) is 6.42 Å². The smallest absolute Gasteiger partial charge is 0.263 e. The maximum absolute atomic E-state index is 12.4. The molecule has 0 saturated heterocycles. The van der Waals surface area contributed by atoms with Gasteiger partial charge in [-0.15, -0.1) is 0 Å². The first-order chi connectivity index (χ1) is 11.3. The molecule has 0 aliphatic rings. The standard InChI is InChI=1S/C16H16Cl2N2O3S/c1-2-9-19-16(21)11-3-6-13(7-4-11)20-24(22,23)15-10-12(17)5-8-14(15)18/h3-8,10,20H,2,9H2,1H3,(H,19,21). The Balaban J connectivity index is 2.18. The van der Waals surface area contributed by atoms with Crippen molar-refractivity contribution >= 4 is 44.8 Å². The van der Waals surface area contributed by atoms with Gasteiger partial charge in [-0.2, -0.15) is 0 Å². The van der Waals surface area contributed by atoms with Gasteiger partial charge in [0.25, 0.3) is 15.9 Å². The van der Waals surface area contributed by atoms with E-state index in [-0.39, 0.29) is 20.8 Å². The van der Waals surface area contributed by atoms with Crippen molar-refractivity contribution in [2.24, 2.45) is 0 Å². The zero-order valence-corrected chi connectivity index (χ0v) is 15.2. The Kier molecular flexibility index (Phi) is 6.10. The molecular formula is C16H16Cl2N2O3S. The molecule has 0 radical (unpaired) electrons. The second-order valence-corrected chi connectivity index (χ2v) is 7.51. The van der Waals surface area contributed by atoms with Crippen molar-refractivity contribution in [1.82, 2.24) is 5.32 Å². The first-order valence-corrected chi connectivity index (χ1v) is 9.43. The number of rotatable bonds is 6. The fraction of sp³-hybridized carbons (Fsp3) is 0.188. The Morgan fingerprint density at radius 1 is 1.08 bits per heavy atom. The van der Waals surface area contributed by atoms with Crippen molar-refractivity contribution in [1.29, 1.82) is 0 Å². The summed E-state index contributed by atoms with van der Waals surface area (Å²) in [5, 5.41) is 3.08. The predicted octanol–water partition coefficient (Wildman–Crippen LogP) is 3.93. The summed E-state index contributed by atoms with van der Waals surface area (Å²) in [5.74, 6) is -0.204. The van der Waals surface area contributed by atoms with Crippen LogP contribution in [0.15, 0.2) is 47.4 Å². The molecule has 0 saturated carbocycles. The third-order valence-corrected chi connectivity index (χ3v) is 5.22. The molecule has 0 aliphatic heterocycles. The first-order valence-electron chi connectivity index (χ1n) is 7.19. The fourth-order valence-corrected chi connectivity index (χ4v) is 3.75. The third-order valence-electron chi connectivity index (χ3n) is 3.12. The van der Waals surface area contributed by atoms with Crippen molar-refractivity contribution in [3.63, 3.8) is 0 Å².